The number of sulfonamides is 1. The van der Waals surface area contributed by atoms with Gasteiger partial charge in [0, 0.05) is 19.5 Å². The maximum absolute atomic E-state index is 13.0. The number of nitrogens with zero attached hydrogens (tertiary/aromatic N) is 1. The van der Waals surface area contributed by atoms with Gasteiger partial charge in [-0.15, -0.1) is 0 Å². The van der Waals surface area contributed by atoms with Crippen LogP contribution in [0.15, 0.2) is 23.1 Å². The first-order valence-corrected chi connectivity index (χ1v) is 11.3. The van der Waals surface area contributed by atoms with Crippen molar-refractivity contribution in [3.8, 4) is 5.75 Å². The molecule has 0 unspecified atom stereocenters. The lowest BCUT2D eigenvalue weighted by Gasteiger charge is -2.22. The van der Waals surface area contributed by atoms with E-state index in [0.717, 1.165) is 38.5 Å². The maximum Gasteiger partial charge on any atom is 0.342 e. The van der Waals surface area contributed by atoms with Gasteiger partial charge in [0.25, 0.3) is 0 Å². The SMILES string of the molecule is COc1ccc(S(=O)(=O)N2CCCCCC2)cc1C(=O)O[C@H]1CCCCC1=O. The first-order valence-electron chi connectivity index (χ1n) is 9.85. The zero-order chi connectivity index (χ0) is 20.1. The number of carbonyl (C=O) groups is 2. The number of esters is 1. The Balaban J connectivity index is 1.86. The molecule has 1 atom stereocenters. The normalized spacial score (nSPS) is 21.8. The lowest BCUT2D eigenvalue weighted by molar-refractivity contribution is -0.129. The molecule has 1 aliphatic heterocycles. The second-order valence-electron chi connectivity index (χ2n) is 7.29. The molecule has 2 fully saturated rings. The van der Waals surface area contributed by atoms with Gasteiger partial charge in [0.15, 0.2) is 11.9 Å². The average molecular weight is 410 g/mol. The highest BCUT2D eigenvalue weighted by molar-refractivity contribution is 7.89. The van der Waals surface area contributed by atoms with E-state index in [2.05, 4.69) is 0 Å². The van der Waals surface area contributed by atoms with Gasteiger partial charge in [-0.1, -0.05) is 12.8 Å². The van der Waals surface area contributed by atoms with Gasteiger partial charge in [-0.25, -0.2) is 13.2 Å². The van der Waals surface area contributed by atoms with Crippen LogP contribution in [-0.4, -0.2) is 50.8 Å². The Kier molecular flexibility index (Phi) is 6.72. The van der Waals surface area contributed by atoms with Crippen molar-refractivity contribution in [1.29, 1.82) is 0 Å². The van der Waals surface area contributed by atoms with Crippen LogP contribution in [0.5, 0.6) is 5.75 Å². The van der Waals surface area contributed by atoms with Gasteiger partial charge in [-0.2, -0.15) is 4.31 Å². The quantitative estimate of drug-likeness (QED) is 0.695. The number of Topliss-reactive ketones (excluding diaryl/α,β-unsaturated/α-hetero) is 1. The van der Waals surface area contributed by atoms with Gasteiger partial charge < -0.3 is 9.47 Å². The molecule has 3 rings (SSSR count). The van der Waals surface area contributed by atoms with Crippen LogP contribution in [0, 0.1) is 0 Å². The van der Waals surface area contributed by atoms with Crippen molar-refractivity contribution in [3.63, 3.8) is 0 Å². The third kappa shape index (κ3) is 4.55. The maximum atomic E-state index is 13.0. The molecule has 0 bridgehead atoms. The summed E-state index contributed by atoms with van der Waals surface area (Å²) in [5, 5.41) is 0. The highest BCUT2D eigenvalue weighted by Gasteiger charge is 2.30. The smallest absolute Gasteiger partial charge is 0.342 e. The second-order valence-corrected chi connectivity index (χ2v) is 9.22. The summed E-state index contributed by atoms with van der Waals surface area (Å²) in [6.07, 6.45) is 5.45. The molecular weight excluding hydrogens is 382 g/mol. The largest absolute Gasteiger partial charge is 0.496 e. The van der Waals surface area contributed by atoms with Crippen LogP contribution in [0.4, 0.5) is 0 Å². The highest BCUT2D eigenvalue weighted by atomic mass is 32.2. The van der Waals surface area contributed by atoms with E-state index < -0.39 is 22.1 Å². The number of benzene rings is 1. The molecule has 1 heterocycles. The van der Waals surface area contributed by atoms with Gasteiger partial charge in [-0.05, 0) is 50.3 Å². The Bertz CT molecular complexity index is 827. The summed E-state index contributed by atoms with van der Waals surface area (Å²) in [6.45, 7) is 0.954. The van der Waals surface area contributed by atoms with E-state index in [9.17, 15) is 18.0 Å². The third-order valence-corrected chi connectivity index (χ3v) is 7.24. The Hall–Kier alpha value is -1.93. The van der Waals surface area contributed by atoms with Gasteiger partial charge in [0.1, 0.15) is 11.3 Å². The van der Waals surface area contributed by atoms with Crippen LogP contribution >= 0.6 is 0 Å². The first-order chi connectivity index (χ1) is 13.4. The summed E-state index contributed by atoms with van der Waals surface area (Å²) in [4.78, 5) is 24.7. The van der Waals surface area contributed by atoms with Crippen molar-refractivity contribution in [1.82, 2.24) is 4.31 Å². The Morgan fingerprint density at radius 2 is 1.79 bits per heavy atom. The predicted octanol–water partition coefficient (Wildman–Crippen LogP) is 2.93. The number of ketones is 1. The fraction of sp³-hybridized carbons (Fsp3) is 0.600. The van der Waals surface area contributed by atoms with E-state index in [1.165, 1.54) is 29.6 Å². The summed E-state index contributed by atoms with van der Waals surface area (Å²) >= 11 is 0. The highest BCUT2D eigenvalue weighted by Crippen LogP contribution is 2.28. The van der Waals surface area contributed by atoms with E-state index in [-0.39, 0.29) is 22.0 Å². The van der Waals surface area contributed by atoms with Crippen molar-refractivity contribution in [2.24, 2.45) is 0 Å². The summed E-state index contributed by atoms with van der Waals surface area (Å²) in [5.74, 6) is -0.597. The zero-order valence-electron chi connectivity index (χ0n) is 16.2. The van der Waals surface area contributed by atoms with Crippen LogP contribution in [0.3, 0.4) is 0 Å². The minimum absolute atomic E-state index is 0.0248. The van der Waals surface area contributed by atoms with Crippen LogP contribution in [0.2, 0.25) is 0 Å². The number of hydrogen-bond donors (Lipinski definition) is 0. The topological polar surface area (TPSA) is 90.0 Å². The van der Waals surface area contributed by atoms with E-state index in [4.69, 9.17) is 9.47 Å². The van der Waals surface area contributed by atoms with Crippen LogP contribution in [-0.2, 0) is 19.6 Å². The molecule has 0 N–H and O–H groups in total. The minimum atomic E-state index is -3.71. The number of carbonyl (C=O) groups excluding carboxylic acids is 2. The number of hydrogen-bond acceptors (Lipinski definition) is 6. The van der Waals surface area contributed by atoms with E-state index in [0.29, 0.717) is 25.9 Å². The molecule has 1 aromatic carbocycles. The Morgan fingerprint density at radius 1 is 1.07 bits per heavy atom. The average Bonchev–Trinajstić information content (AvgIpc) is 2.99. The standard InChI is InChI=1S/C20H27NO6S/c1-26-18-11-10-15(28(24,25)21-12-6-2-3-7-13-21)14-16(18)20(23)27-19-9-5-4-8-17(19)22/h10-11,14,19H,2-9,12-13H2,1H3/t19-/m0/s1. The fourth-order valence-electron chi connectivity index (χ4n) is 3.71. The lowest BCUT2D eigenvalue weighted by atomic mass is 9.96. The molecule has 7 nitrogen and oxygen atoms in total. The molecule has 154 valence electrons. The third-order valence-electron chi connectivity index (χ3n) is 5.34. The molecule has 0 spiro atoms. The minimum Gasteiger partial charge on any atom is -0.496 e. The molecule has 0 amide bonds. The molecule has 1 aromatic rings. The van der Waals surface area contributed by atoms with Crippen LogP contribution < -0.4 is 4.74 Å². The van der Waals surface area contributed by atoms with Gasteiger partial charge in [0.05, 0.1) is 12.0 Å². The molecular formula is C20H27NO6S. The van der Waals surface area contributed by atoms with Crippen molar-refractivity contribution >= 4 is 21.8 Å². The van der Waals surface area contributed by atoms with E-state index in [1.807, 2.05) is 0 Å². The van der Waals surface area contributed by atoms with Crippen molar-refractivity contribution < 1.29 is 27.5 Å². The van der Waals surface area contributed by atoms with Gasteiger partial charge in [-0.3, -0.25) is 4.79 Å². The molecule has 1 aliphatic carbocycles. The number of methoxy groups -OCH3 is 1. The summed E-state index contributed by atoms with van der Waals surface area (Å²) in [6, 6.07) is 4.21. The summed E-state index contributed by atoms with van der Waals surface area (Å²) < 4.78 is 38.2. The van der Waals surface area contributed by atoms with Crippen LogP contribution in [0.1, 0.15) is 61.7 Å². The molecule has 0 radical (unpaired) electrons. The fourth-order valence-corrected chi connectivity index (χ4v) is 5.25. The second kappa shape index (κ2) is 9.05. The van der Waals surface area contributed by atoms with Crippen molar-refractivity contribution in [2.75, 3.05) is 20.2 Å². The van der Waals surface area contributed by atoms with Gasteiger partial charge >= 0.3 is 5.97 Å². The van der Waals surface area contributed by atoms with Gasteiger partial charge in [0.2, 0.25) is 10.0 Å². The Morgan fingerprint density at radius 3 is 2.43 bits per heavy atom. The van der Waals surface area contributed by atoms with Crippen LogP contribution in [0.25, 0.3) is 0 Å². The van der Waals surface area contributed by atoms with Crippen molar-refractivity contribution in [3.05, 3.63) is 23.8 Å². The molecule has 8 heteroatoms. The zero-order valence-corrected chi connectivity index (χ0v) is 17.0. The van der Waals surface area contributed by atoms with E-state index in [1.54, 1.807) is 0 Å². The Labute approximate surface area is 166 Å². The van der Waals surface area contributed by atoms with E-state index >= 15 is 0 Å². The molecule has 1 saturated carbocycles. The summed E-state index contributed by atoms with van der Waals surface area (Å²) in [7, 11) is -2.30. The molecule has 28 heavy (non-hydrogen) atoms. The molecule has 2 aliphatic rings. The molecule has 0 aromatic heterocycles. The number of ether oxygens (including phenoxy) is 2. The molecule has 1 saturated heterocycles. The summed E-state index contributed by atoms with van der Waals surface area (Å²) in [5.41, 5.74) is 0.0248. The monoisotopic (exact) mass is 409 g/mol. The number of rotatable bonds is 5. The van der Waals surface area contributed by atoms with Crippen molar-refractivity contribution in [2.45, 2.75) is 62.4 Å². The first kappa shape index (κ1) is 20.8. The predicted molar refractivity (Wildman–Crippen MR) is 103 cm³/mol. The lowest BCUT2D eigenvalue weighted by Crippen LogP contribution is -2.32.